The van der Waals surface area contributed by atoms with Gasteiger partial charge in [-0.15, -0.1) is 0 Å². The van der Waals surface area contributed by atoms with Crippen molar-refractivity contribution in [3.05, 3.63) is 20.8 Å². The van der Waals surface area contributed by atoms with Gasteiger partial charge in [0.15, 0.2) is 11.2 Å². The monoisotopic (exact) mass is 293 g/mol. The van der Waals surface area contributed by atoms with E-state index in [1.165, 1.54) is 11.6 Å². The average Bonchev–Trinajstić information content (AvgIpc) is 3.03. The van der Waals surface area contributed by atoms with Crippen LogP contribution in [0.25, 0.3) is 11.2 Å². The molecule has 0 aromatic carbocycles. The number of hydrogen-bond donors (Lipinski definition) is 0. The number of ether oxygens (including phenoxy) is 1. The highest BCUT2D eigenvalue weighted by Crippen LogP contribution is 2.24. The Bertz CT molecular complexity index is 801. The Morgan fingerprint density at radius 1 is 1.19 bits per heavy atom. The molecule has 0 aliphatic carbocycles. The van der Waals surface area contributed by atoms with Crippen molar-refractivity contribution >= 4 is 17.1 Å². The summed E-state index contributed by atoms with van der Waals surface area (Å²) in [6, 6.07) is 0. The molecule has 2 aromatic rings. The first kappa shape index (κ1) is 13.9. The second-order valence-electron chi connectivity index (χ2n) is 5.27. The van der Waals surface area contributed by atoms with Gasteiger partial charge >= 0.3 is 5.69 Å². The number of rotatable bonds is 4. The number of methoxy groups -OCH3 is 1. The van der Waals surface area contributed by atoms with Gasteiger partial charge in [0.25, 0.3) is 5.56 Å². The quantitative estimate of drug-likeness (QED) is 0.696. The maximum atomic E-state index is 12.3. The summed E-state index contributed by atoms with van der Waals surface area (Å²) < 4.78 is 9.53. The van der Waals surface area contributed by atoms with Gasteiger partial charge in [0.1, 0.15) is 0 Å². The van der Waals surface area contributed by atoms with Crippen LogP contribution < -0.4 is 16.1 Å². The highest BCUT2D eigenvalue weighted by Gasteiger charge is 2.26. The minimum atomic E-state index is -0.352. The molecule has 0 fully saturated rings. The summed E-state index contributed by atoms with van der Waals surface area (Å²) in [6.07, 6.45) is 0.899. The van der Waals surface area contributed by atoms with E-state index in [0.29, 0.717) is 24.3 Å². The molecular formula is C13H19N5O3. The molecule has 0 spiro atoms. The minimum absolute atomic E-state index is 0.286. The lowest BCUT2D eigenvalue weighted by Crippen LogP contribution is -2.37. The molecule has 0 radical (unpaired) electrons. The molecule has 1 aliphatic rings. The standard InChI is InChI=1S/C13H19N5O3/c1-15-10-9(11(19)16(2)13(15)20)18-7-6-17(12(18)14-10)5-4-8-21-3/h4-8H2,1-3H3. The maximum Gasteiger partial charge on any atom is 0.332 e. The van der Waals surface area contributed by atoms with Crippen molar-refractivity contribution in [2.24, 2.45) is 14.1 Å². The molecule has 114 valence electrons. The molecule has 0 atom stereocenters. The first-order chi connectivity index (χ1) is 10.1. The van der Waals surface area contributed by atoms with Crippen LogP contribution in [-0.4, -0.2) is 45.5 Å². The largest absolute Gasteiger partial charge is 0.385 e. The third kappa shape index (κ3) is 1.98. The first-order valence-electron chi connectivity index (χ1n) is 6.96. The summed E-state index contributed by atoms with van der Waals surface area (Å²) in [6.45, 7) is 3.06. The Morgan fingerprint density at radius 3 is 2.67 bits per heavy atom. The molecular weight excluding hydrogens is 274 g/mol. The summed E-state index contributed by atoms with van der Waals surface area (Å²) >= 11 is 0. The lowest BCUT2D eigenvalue weighted by Gasteiger charge is -2.15. The molecule has 0 amide bonds. The van der Waals surface area contributed by atoms with Crippen LogP contribution in [0.2, 0.25) is 0 Å². The lowest BCUT2D eigenvalue weighted by atomic mass is 10.4. The van der Waals surface area contributed by atoms with Gasteiger partial charge < -0.3 is 14.2 Å². The Hall–Kier alpha value is -2.09. The Balaban J connectivity index is 2.12. The molecule has 0 bridgehead atoms. The van der Waals surface area contributed by atoms with Gasteiger partial charge in [0.05, 0.1) is 0 Å². The van der Waals surface area contributed by atoms with Crippen LogP contribution in [0.15, 0.2) is 9.59 Å². The van der Waals surface area contributed by atoms with E-state index in [0.717, 1.165) is 30.0 Å². The van der Waals surface area contributed by atoms with E-state index in [1.54, 1.807) is 14.2 Å². The van der Waals surface area contributed by atoms with Crippen LogP contribution in [0.1, 0.15) is 6.42 Å². The van der Waals surface area contributed by atoms with Crippen LogP contribution in [0.4, 0.5) is 5.95 Å². The molecule has 0 unspecified atom stereocenters. The van der Waals surface area contributed by atoms with E-state index in [2.05, 4.69) is 9.88 Å². The summed E-state index contributed by atoms with van der Waals surface area (Å²) in [4.78, 5) is 30.9. The molecule has 1 aliphatic heterocycles. The van der Waals surface area contributed by atoms with Crippen LogP contribution >= 0.6 is 0 Å². The van der Waals surface area contributed by atoms with Crippen LogP contribution in [0.5, 0.6) is 0 Å². The number of aromatic nitrogens is 4. The minimum Gasteiger partial charge on any atom is -0.385 e. The number of aryl methyl sites for hydroxylation is 1. The van der Waals surface area contributed by atoms with Crippen LogP contribution in [-0.2, 0) is 25.4 Å². The first-order valence-corrected chi connectivity index (χ1v) is 6.96. The molecule has 0 saturated carbocycles. The van der Waals surface area contributed by atoms with Gasteiger partial charge in [-0.2, -0.15) is 4.98 Å². The van der Waals surface area contributed by atoms with Gasteiger partial charge in [-0.05, 0) is 6.42 Å². The second-order valence-corrected chi connectivity index (χ2v) is 5.27. The fourth-order valence-corrected chi connectivity index (χ4v) is 2.82. The molecule has 8 heteroatoms. The predicted molar refractivity (Wildman–Crippen MR) is 78.9 cm³/mol. The number of fused-ring (bicyclic) bond motifs is 3. The summed E-state index contributed by atoms with van der Waals surface area (Å²) in [7, 11) is 4.82. The number of imidazole rings is 1. The smallest absolute Gasteiger partial charge is 0.332 e. The SMILES string of the molecule is COCCCN1CCn2c1nc1c2c(=O)n(C)c(=O)n1C. The number of anilines is 1. The van der Waals surface area contributed by atoms with Gasteiger partial charge in [-0.3, -0.25) is 13.9 Å². The van der Waals surface area contributed by atoms with E-state index < -0.39 is 0 Å². The summed E-state index contributed by atoms with van der Waals surface area (Å²) in [5.74, 6) is 0.763. The van der Waals surface area contributed by atoms with Gasteiger partial charge in [0, 0.05) is 47.4 Å². The van der Waals surface area contributed by atoms with Gasteiger partial charge in [-0.25, -0.2) is 4.79 Å². The zero-order chi connectivity index (χ0) is 15.1. The van der Waals surface area contributed by atoms with Crippen molar-refractivity contribution < 1.29 is 4.74 Å². The zero-order valence-electron chi connectivity index (χ0n) is 12.5. The predicted octanol–water partition coefficient (Wildman–Crippen LogP) is -0.710. The van der Waals surface area contributed by atoms with Crippen molar-refractivity contribution in [2.75, 3.05) is 31.7 Å². The van der Waals surface area contributed by atoms with E-state index in [-0.39, 0.29) is 11.2 Å². The van der Waals surface area contributed by atoms with Crippen molar-refractivity contribution in [2.45, 2.75) is 13.0 Å². The third-order valence-corrected chi connectivity index (χ3v) is 3.98. The Morgan fingerprint density at radius 2 is 1.95 bits per heavy atom. The maximum absolute atomic E-state index is 12.3. The number of hydrogen-bond acceptors (Lipinski definition) is 5. The average molecular weight is 293 g/mol. The van der Waals surface area contributed by atoms with Crippen LogP contribution in [0, 0.1) is 0 Å². The van der Waals surface area contributed by atoms with E-state index in [9.17, 15) is 9.59 Å². The normalized spacial score (nSPS) is 14.1. The molecule has 8 nitrogen and oxygen atoms in total. The topological polar surface area (TPSA) is 74.3 Å². The molecule has 2 aromatic heterocycles. The fraction of sp³-hybridized carbons (Fsp3) is 0.615. The van der Waals surface area contributed by atoms with E-state index in [4.69, 9.17) is 4.74 Å². The zero-order valence-corrected chi connectivity index (χ0v) is 12.5. The molecule has 0 saturated heterocycles. The van der Waals surface area contributed by atoms with Crippen molar-refractivity contribution in [3.8, 4) is 0 Å². The van der Waals surface area contributed by atoms with Crippen molar-refractivity contribution in [1.82, 2.24) is 18.7 Å². The highest BCUT2D eigenvalue weighted by molar-refractivity contribution is 5.75. The second kappa shape index (κ2) is 5.03. The third-order valence-electron chi connectivity index (χ3n) is 3.98. The molecule has 21 heavy (non-hydrogen) atoms. The van der Waals surface area contributed by atoms with E-state index >= 15 is 0 Å². The van der Waals surface area contributed by atoms with Crippen molar-refractivity contribution in [3.63, 3.8) is 0 Å². The lowest BCUT2D eigenvalue weighted by molar-refractivity contribution is 0.196. The summed E-state index contributed by atoms with van der Waals surface area (Å²) in [5, 5.41) is 0. The van der Waals surface area contributed by atoms with Gasteiger partial charge in [-0.1, -0.05) is 0 Å². The molecule has 3 rings (SSSR count). The molecule has 0 N–H and O–H groups in total. The summed E-state index contributed by atoms with van der Waals surface area (Å²) in [5.41, 5.74) is 0.319. The molecule has 3 heterocycles. The van der Waals surface area contributed by atoms with Crippen molar-refractivity contribution in [1.29, 1.82) is 0 Å². The van der Waals surface area contributed by atoms with E-state index in [1.807, 2.05) is 4.57 Å². The Kier molecular flexibility index (Phi) is 3.32. The Labute approximate surface area is 121 Å². The van der Waals surface area contributed by atoms with Crippen LogP contribution in [0.3, 0.4) is 0 Å². The van der Waals surface area contributed by atoms with Gasteiger partial charge in [0.2, 0.25) is 5.95 Å². The highest BCUT2D eigenvalue weighted by atomic mass is 16.5. The fourth-order valence-electron chi connectivity index (χ4n) is 2.82. The number of nitrogens with zero attached hydrogens (tertiary/aromatic N) is 5.